The van der Waals surface area contributed by atoms with Crippen LogP contribution < -0.4 is 10.5 Å². The van der Waals surface area contributed by atoms with E-state index in [2.05, 4.69) is 13.8 Å². The Balaban J connectivity index is 2.79. The quantitative estimate of drug-likeness (QED) is 0.828. The molecule has 17 heavy (non-hydrogen) atoms. The Labute approximate surface area is 109 Å². The summed E-state index contributed by atoms with van der Waals surface area (Å²) in [4.78, 5) is 0. The van der Waals surface area contributed by atoms with E-state index in [1.54, 1.807) is 7.11 Å². The molecule has 2 unspecified atom stereocenters. The summed E-state index contributed by atoms with van der Waals surface area (Å²) in [5.41, 5.74) is 7.24. The Morgan fingerprint density at radius 3 is 2.71 bits per heavy atom. The van der Waals surface area contributed by atoms with Crippen LogP contribution in [-0.4, -0.2) is 7.11 Å². The number of hydrogen-bond donors (Lipinski definition) is 1. The molecule has 0 aliphatic rings. The number of halogens is 1. The van der Waals surface area contributed by atoms with Gasteiger partial charge in [-0.15, -0.1) is 0 Å². The minimum absolute atomic E-state index is 0.00907. The number of ether oxygens (including phenoxy) is 1. The zero-order chi connectivity index (χ0) is 12.8. The second-order valence-electron chi connectivity index (χ2n) is 4.62. The lowest BCUT2D eigenvalue weighted by Gasteiger charge is -2.19. The third kappa shape index (κ3) is 4.21. The lowest BCUT2D eigenvalue weighted by atomic mass is 9.93. The molecule has 0 bridgehead atoms. The summed E-state index contributed by atoms with van der Waals surface area (Å²) in [6.45, 7) is 4.43. The SMILES string of the molecule is CCCC(C)CC(N)c1cc(Cl)ccc1OC. The third-order valence-corrected chi connectivity index (χ3v) is 3.26. The molecule has 2 N–H and O–H groups in total. The summed E-state index contributed by atoms with van der Waals surface area (Å²) in [7, 11) is 1.66. The van der Waals surface area contributed by atoms with Crippen molar-refractivity contribution < 1.29 is 4.74 Å². The van der Waals surface area contributed by atoms with Gasteiger partial charge in [0.05, 0.1) is 7.11 Å². The lowest BCUT2D eigenvalue weighted by Crippen LogP contribution is -2.15. The maximum atomic E-state index is 6.23. The predicted molar refractivity (Wildman–Crippen MR) is 73.6 cm³/mol. The average molecular weight is 256 g/mol. The van der Waals surface area contributed by atoms with Crippen LogP contribution in [0.25, 0.3) is 0 Å². The molecule has 0 aliphatic carbocycles. The first kappa shape index (κ1) is 14.3. The Morgan fingerprint density at radius 1 is 1.41 bits per heavy atom. The van der Waals surface area contributed by atoms with E-state index in [-0.39, 0.29) is 6.04 Å². The highest BCUT2D eigenvalue weighted by atomic mass is 35.5. The monoisotopic (exact) mass is 255 g/mol. The van der Waals surface area contributed by atoms with Crippen molar-refractivity contribution in [3.8, 4) is 5.75 Å². The largest absolute Gasteiger partial charge is 0.496 e. The van der Waals surface area contributed by atoms with Gasteiger partial charge in [-0.05, 0) is 30.5 Å². The summed E-state index contributed by atoms with van der Waals surface area (Å²) in [5.74, 6) is 1.45. The van der Waals surface area contributed by atoms with Gasteiger partial charge in [0.15, 0.2) is 0 Å². The summed E-state index contributed by atoms with van der Waals surface area (Å²) < 4.78 is 5.32. The molecule has 1 rings (SSSR count). The molecule has 2 atom stereocenters. The first-order valence-electron chi connectivity index (χ1n) is 6.17. The molecule has 96 valence electrons. The van der Waals surface area contributed by atoms with Crippen LogP contribution in [0.15, 0.2) is 18.2 Å². The fourth-order valence-electron chi connectivity index (χ4n) is 2.17. The molecule has 0 fully saturated rings. The van der Waals surface area contributed by atoms with Gasteiger partial charge in [-0.25, -0.2) is 0 Å². The van der Waals surface area contributed by atoms with Crippen molar-refractivity contribution in [3.05, 3.63) is 28.8 Å². The van der Waals surface area contributed by atoms with Gasteiger partial charge >= 0.3 is 0 Å². The van der Waals surface area contributed by atoms with E-state index in [9.17, 15) is 0 Å². The van der Waals surface area contributed by atoms with Gasteiger partial charge in [0.25, 0.3) is 0 Å². The fraction of sp³-hybridized carbons (Fsp3) is 0.571. The van der Waals surface area contributed by atoms with Crippen molar-refractivity contribution >= 4 is 11.6 Å². The van der Waals surface area contributed by atoms with E-state index < -0.39 is 0 Å². The summed E-state index contributed by atoms with van der Waals surface area (Å²) in [6.07, 6.45) is 3.36. The van der Waals surface area contributed by atoms with E-state index in [1.807, 2.05) is 18.2 Å². The number of benzene rings is 1. The molecule has 0 spiro atoms. The Bertz CT molecular complexity index is 354. The lowest BCUT2D eigenvalue weighted by molar-refractivity contribution is 0.392. The predicted octanol–water partition coefficient (Wildman–Crippen LogP) is 4.17. The normalized spacial score (nSPS) is 14.4. The first-order chi connectivity index (χ1) is 8.08. The molecule has 0 heterocycles. The zero-order valence-corrected chi connectivity index (χ0v) is 11.6. The molecule has 0 saturated carbocycles. The summed E-state index contributed by atoms with van der Waals surface area (Å²) >= 11 is 6.00. The molecule has 2 nitrogen and oxygen atoms in total. The second kappa shape index (κ2) is 6.87. The highest BCUT2D eigenvalue weighted by molar-refractivity contribution is 6.30. The molecule has 0 saturated heterocycles. The van der Waals surface area contributed by atoms with Gasteiger partial charge in [-0.2, -0.15) is 0 Å². The number of hydrogen-bond acceptors (Lipinski definition) is 2. The van der Waals surface area contributed by atoms with Crippen molar-refractivity contribution in [2.24, 2.45) is 11.7 Å². The maximum absolute atomic E-state index is 6.23. The molecule has 1 aromatic carbocycles. The molecule has 0 aromatic heterocycles. The molecular weight excluding hydrogens is 234 g/mol. The van der Waals surface area contributed by atoms with Crippen molar-refractivity contribution in [2.75, 3.05) is 7.11 Å². The first-order valence-corrected chi connectivity index (χ1v) is 6.55. The second-order valence-corrected chi connectivity index (χ2v) is 5.06. The number of nitrogens with two attached hydrogens (primary N) is 1. The van der Waals surface area contributed by atoms with Crippen LogP contribution >= 0.6 is 11.6 Å². The Morgan fingerprint density at radius 2 is 2.12 bits per heavy atom. The summed E-state index contributed by atoms with van der Waals surface area (Å²) in [6, 6.07) is 5.60. The maximum Gasteiger partial charge on any atom is 0.123 e. The van der Waals surface area contributed by atoms with Gasteiger partial charge in [0.1, 0.15) is 5.75 Å². The summed E-state index contributed by atoms with van der Waals surface area (Å²) in [5, 5.41) is 0.708. The van der Waals surface area contributed by atoms with E-state index >= 15 is 0 Å². The van der Waals surface area contributed by atoms with Crippen LogP contribution in [0.5, 0.6) is 5.75 Å². The highest BCUT2D eigenvalue weighted by Crippen LogP contribution is 2.31. The van der Waals surface area contributed by atoms with Gasteiger partial charge in [-0.3, -0.25) is 0 Å². The topological polar surface area (TPSA) is 35.2 Å². The van der Waals surface area contributed by atoms with Gasteiger partial charge in [-0.1, -0.05) is 38.3 Å². The zero-order valence-electron chi connectivity index (χ0n) is 10.9. The Hall–Kier alpha value is -0.730. The van der Waals surface area contributed by atoms with Crippen molar-refractivity contribution in [2.45, 2.75) is 39.2 Å². The molecule has 1 aromatic rings. The van der Waals surface area contributed by atoms with Crippen LogP contribution in [0.4, 0.5) is 0 Å². The molecule has 3 heteroatoms. The van der Waals surface area contributed by atoms with Crippen molar-refractivity contribution in [3.63, 3.8) is 0 Å². The minimum Gasteiger partial charge on any atom is -0.496 e. The van der Waals surface area contributed by atoms with Crippen LogP contribution in [0.3, 0.4) is 0 Å². The number of methoxy groups -OCH3 is 1. The molecule has 0 radical (unpaired) electrons. The van der Waals surface area contributed by atoms with E-state index in [1.165, 1.54) is 12.8 Å². The van der Waals surface area contributed by atoms with Crippen molar-refractivity contribution in [1.29, 1.82) is 0 Å². The minimum atomic E-state index is -0.00907. The third-order valence-electron chi connectivity index (χ3n) is 3.03. The van der Waals surface area contributed by atoms with Crippen LogP contribution in [0, 0.1) is 5.92 Å². The van der Waals surface area contributed by atoms with Crippen LogP contribution in [0.2, 0.25) is 5.02 Å². The standard InChI is InChI=1S/C14H22ClNO/c1-4-5-10(2)8-13(16)12-9-11(15)6-7-14(12)17-3/h6-7,9-10,13H,4-5,8,16H2,1-3H3. The van der Waals surface area contributed by atoms with E-state index in [0.29, 0.717) is 10.9 Å². The highest BCUT2D eigenvalue weighted by Gasteiger charge is 2.15. The van der Waals surface area contributed by atoms with Crippen LogP contribution in [-0.2, 0) is 0 Å². The fourth-order valence-corrected chi connectivity index (χ4v) is 2.35. The van der Waals surface area contributed by atoms with Crippen molar-refractivity contribution in [1.82, 2.24) is 0 Å². The van der Waals surface area contributed by atoms with Gasteiger partial charge in [0, 0.05) is 16.6 Å². The van der Waals surface area contributed by atoms with Gasteiger partial charge in [0.2, 0.25) is 0 Å². The smallest absolute Gasteiger partial charge is 0.123 e. The van der Waals surface area contributed by atoms with E-state index in [4.69, 9.17) is 22.1 Å². The number of rotatable bonds is 6. The molecule has 0 amide bonds. The van der Waals surface area contributed by atoms with E-state index in [0.717, 1.165) is 17.7 Å². The Kier molecular flexibility index (Phi) is 5.79. The molecular formula is C14H22ClNO. The molecule has 0 aliphatic heterocycles. The van der Waals surface area contributed by atoms with Gasteiger partial charge < -0.3 is 10.5 Å². The van der Waals surface area contributed by atoms with Crippen LogP contribution in [0.1, 0.15) is 44.7 Å². The average Bonchev–Trinajstić information content (AvgIpc) is 2.29.